The van der Waals surface area contributed by atoms with Crippen LogP contribution in [0.2, 0.25) is 0 Å². The number of nitrogens with one attached hydrogen (secondary N) is 2. The SMILES string of the molecule is Cc1cccc(C(=O)NCC(=O)NC2CN([C@H]3CC[C@@H](c4nc5n(n4)CCCC5)CC3)C2)c1. The summed E-state index contributed by atoms with van der Waals surface area (Å²) in [5, 5.41) is 10.6. The molecule has 8 heteroatoms. The molecule has 3 aliphatic rings. The van der Waals surface area contributed by atoms with Crippen LogP contribution < -0.4 is 10.6 Å². The van der Waals surface area contributed by atoms with Crippen molar-refractivity contribution in [3.8, 4) is 0 Å². The van der Waals surface area contributed by atoms with Crippen molar-refractivity contribution in [2.24, 2.45) is 0 Å². The number of amides is 2. The van der Waals surface area contributed by atoms with Crippen LogP contribution in [-0.4, -0.2) is 63.2 Å². The molecule has 2 N–H and O–H groups in total. The second-order valence-electron chi connectivity index (χ2n) is 9.84. The number of carbonyl (C=O) groups is 2. The third kappa shape index (κ3) is 5.11. The van der Waals surface area contributed by atoms with Crippen LogP contribution in [-0.2, 0) is 17.8 Å². The van der Waals surface area contributed by atoms with Crippen LogP contribution in [0.15, 0.2) is 24.3 Å². The molecule has 176 valence electrons. The minimum atomic E-state index is -0.214. The summed E-state index contributed by atoms with van der Waals surface area (Å²) in [7, 11) is 0. The lowest BCUT2D eigenvalue weighted by Crippen LogP contribution is -2.63. The van der Waals surface area contributed by atoms with E-state index in [1.165, 1.54) is 31.5 Å². The Bertz CT molecular complexity index is 981. The maximum atomic E-state index is 12.3. The molecule has 2 fully saturated rings. The number of benzene rings is 1. The first-order chi connectivity index (χ1) is 16.0. The smallest absolute Gasteiger partial charge is 0.251 e. The Morgan fingerprint density at radius 1 is 1.12 bits per heavy atom. The Kier molecular flexibility index (Phi) is 6.44. The molecule has 33 heavy (non-hydrogen) atoms. The fraction of sp³-hybridized carbons (Fsp3) is 0.600. The second kappa shape index (κ2) is 9.63. The van der Waals surface area contributed by atoms with Gasteiger partial charge in [0.05, 0.1) is 12.6 Å². The average molecular weight is 451 g/mol. The molecule has 1 saturated heterocycles. The summed E-state index contributed by atoms with van der Waals surface area (Å²) in [6.45, 7) is 4.76. The van der Waals surface area contributed by atoms with Gasteiger partial charge in [0.25, 0.3) is 5.91 Å². The van der Waals surface area contributed by atoms with Gasteiger partial charge >= 0.3 is 0 Å². The molecule has 0 spiro atoms. The van der Waals surface area contributed by atoms with E-state index in [9.17, 15) is 9.59 Å². The van der Waals surface area contributed by atoms with E-state index >= 15 is 0 Å². The second-order valence-corrected chi connectivity index (χ2v) is 9.84. The minimum Gasteiger partial charge on any atom is -0.349 e. The van der Waals surface area contributed by atoms with Gasteiger partial charge in [-0.15, -0.1) is 0 Å². The Hall–Kier alpha value is -2.74. The first-order valence-corrected chi connectivity index (χ1v) is 12.4. The van der Waals surface area contributed by atoms with Crippen LogP contribution in [0, 0.1) is 6.92 Å². The Morgan fingerprint density at radius 3 is 2.70 bits per heavy atom. The maximum Gasteiger partial charge on any atom is 0.251 e. The van der Waals surface area contributed by atoms with Gasteiger partial charge < -0.3 is 10.6 Å². The first-order valence-electron chi connectivity index (χ1n) is 12.4. The lowest BCUT2D eigenvalue weighted by atomic mass is 9.83. The molecular weight excluding hydrogens is 416 g/mol. The van der Waals surface area contributed by atoms with Crippen LogP contribution in [0.4, 0.5) is 0 Å². The maximum absolute atomic E-state index is 12.3. The zero-order valence-electron chi connectivity index (χ0n) is 19.4. The normalized spacial score (nSPS) is 23.4. The van der Waals surface area contributed by atoms with Crippen LogP contribution in [0.25, 0.3) is 0 Å². The summed E-state index contributed by atoms with van der Waals surface area (Å²) < 4.78 is 2.12. The highest BCUT2D eigenvalue weighted by atomic mass is 16.2. The van der Waals surface area contributed by atoms with E-state index < -0.39 is 0 Å². The largest absolute Gasteiger partial charge is 0.349 e. The molecule has 8 nitrogen and oxygen atoms in total. The van der Waals surface area contributed by atoms with Crippen LogP contribution in [0.1, 0.15) is 72.0 Å². The van der Waals surface area contributed by atoms with Crippen LogP contribution >= 0.6 is 0 Å². The number of hydrogen-bond acceptors (Lipinski definition) is 5. The number of carbonyl (C=O) groups excluding carboxylic acids is 2. The molecule has 0 radical (unpaired) electrons. The highest BCUT2D eigenvalue weighted by Crippen LogP contribution is 2.35. The number of aryl methyl sites for hydroxylation is 3. The number of fused-ring (bicyclic) bond motifs is 1. The van der Waals surface area contributed by atoms with E-state index in [4.69, 9.17) is 10.1 Å². The van der Waals surface area contributed by atoms with Crippen molar-refractivity contribution in [3.05, 3.63) is 47.0 Å². The zero-order valence-corrected chi connectivity index (χ0v) is 19.4. The Morgan fingerprint density at radius 2 is 1.94 bits per heavy atom. The van der Waals surface area contributed by atoms with Crippen molar-refractivity contribution in [2.75, 3.05) is 19.6 Å². The third-order valence-electron chi connectivity index (χ3n) is 7.33. The third-order valence-corrected chi connectivity index (χ3v) is 7.33. The standard InChI is InChI=1S/C25H34N6O2/c1-17-5-4-6-19(13-17)25(33)26-14-23(32)27-20-15-30(16-20)21-10-8-18(9-11-21)24-28-22-7-2-3-12-31(22)29-24/h4-6,13,18,20-21H,2-3,7-12,14-16H2,1H3,(H,26,33)(H,27,32)/t18-,21+. The van der Waals surface area contributed by atoms with Crippen molar-refractivity contribution in [3.63, 3.8) is 0 Å². The fourth-order valence-corrected chi connectivity index (χ4v) is 5.40. The Balaban J connectivity index is 1.01. The molecule has 0 unspecified atom stereocenters. The van der Waals surface area contributed by atoms with E-state index in [0.717, 1.165) is 50.3 Å². The zero-order chi connectivity index (χ0) is 22.8. The lowest BCUT2D eigenvalue weighted by molar-refractivity contribution is -0.122. The van der Waals surface area contributed by atoms with Gasteiger partial charge in [0.2, 0.25) is 5.91 Å². The first kappa shape index (κ1) is 22.1. The summed E-state index contributed by atoms with van der Waals surface area (Å²) in [5.41, 5.74) is 1.61. The molecule has 2 aliphatic heterocycles. The summed E-state index contributed by atoms with van der Waals surface area (Å²) in [4.78, 5) is 31.8. The van der Waals surface area contributed by atoms with E-state index in [2.05, 4.69) is 20.2 Å². The monoisotopic (exact) mass is 450 g/mol. The van der Waals surface area contributed by atoms with Gasteiger partial charge in [-0.3, -0.25) is 14.5 Å². The topological polar surface area (TPSA) is 92.2 Å². The lowest BCUT2D eigenvalue weighted by Gasteiger charge is -2.46. The number of hydrogen-bond donors (Lipinski definition) is 2. The molecule has 2 amide bonds. The van der Waals surface area contributed by atoms with E-state index in [-0.39, 0.29) is 24.4 Å². The van der Waals surface area contributed by atoms with Crippen molar-refractivity contribution in [1.82, 2.24) is 30.3 Å². The molecular formula is C25H34N6O2. The van der Waals surface area contributed by atoms with Crippen molar-refractivity contribution in [1.29, 1.82) is 0 Å². The molecule has 5 rings (SSSR count). The van der Waals surface area contributed by atoms with Gasteiger partial charge in [-0.1, -0.05) is 17.7 Å². The van der Waals surface area contributed by atoms with E-state index in [1.54, 1.807) is 6.07 Å². The van der Waals surface area contributed by atoms with E-state index in [0.29, 0.717) is 17.5 Å². The number of nitrogens with zero attached hydrogens (tertiary/aromatic N) is 4. The van der Waals surface area contributed by atoms with Gasteiger partial charge in [0, 0.05) is 43.6 Å². The summed E-state index contributed by atoms with van der Waals surface area (Å²) in [6, 6.07) is 8.14. The highest BCUT2D eigenvalue weighted by Gasteiger charge is 2.36. The van der Waals surface area contributed by atoms with Gasteiger partial charge in [0.1, 0.15) is 5.82 Å². The van der Waals surface area contributed by atoms with Gasteiger partial charge in [-0.05, 0) is 57.6 Å². The van der Waals surface area contributed by atoms with Gasteiger partial charge in [-0.2, -0.15) is 5.10 Å². The number of aromatic nitrogens is 3. The summed E-state index contributed by atoms with van der Waals surface area (Å²) in [6.07, 6.45) is 8.15. The van der Waals surface area contributed by atoms with Crippen molar-refractivity contribution >= 4 is 11.8 Å². The fourth-order valence-electron chi connectivity index (χ4n) is 5.40. The predicted molar refractivity (Wildman–Crippen MR) is 125 cm³/mol. The molecule has 0 bridgehead atoms. The average Bonchev–Trinajstić information content (AvgIpc) is 3.24. The molecule has 2 aromatic rings. The Labute approximate surface area is 195 Å². The minimum absolute atomic E-state index is 0.00994. The summed E-state index contributed by atoms with van der Waals surface area (Å²) in [5.74, 6) is 2.39. The molecule has 1 aromatic carbocycles. The molecule has 1 saturated carbocycles. The molecule has 1 aliphatic carbocycles. The number of likely N-dealkylation sites (tertiary alicyclic amines) is 1. The van der Waals surface area contributed by atoms with Crippen LogP contribution in [0.3, 0.4) is 0 Å². The summed E-state index contributed by atoms with van der Waals surface area (Å²) >= 11 is 0. The predicted octanol–water partition coefficient (Wildman–Crippen LogP) is 2.18. The van der Waals surface area contributed by atoms with Crippen molar-refractivity contribution in [2.45, 2.75) is 76.4 Å². The number of rotatable bonds is 6. The van der Waals surface area contributed by atoms with Crippen LogP contribution in [0.5, 0.6) is 0 Å². The van der Waals surface area contributed by atoms with Gasteiger partial charge in [-0.25, -0.2) is 9.67 Å². The molecule has 1 aromatic heterocycles. The van der Waals surface area contributed by atoms with E-state index in [1.807, 2.05) is 25.1 Å². The van der Waals surface area contributed by atoms with Crippen molar-refractivity contribution < 1.29 is 9.59 Å². The quantitative estimate of drug-likeness (QED) is 0.704. The molecule has 0 atom stereocenters. The highest BCUT2D eigenvalue weighted by molar-refractivity contribution is 5.96. The molecule has 3 heterocycles. The van der Waals surface area contributed by atoms with Gasteiger partial charge in [0.15, 0.2) is 5.82 Å².